The Balaban J connectivity index is 2.23. The highest BCUT2D eigenvalue weighted by molar-refractivity contribution is 9.10. The standard InChI is InChI=1S/C15H14BrClN2O2/c16-13-10(17)6-4-8-12(13)19-11-7-3-1-2-5-9(11)14(18-19)15(20)21/h4,6,8H,1-3,5,7H2,(H,20,21). The number of hydrogen-bond donors (Lipinski definition) is 1. The van der Waals surface area contributed by atoms with Crippen LogP contribution in [0.4, 0.5) is 0 Å². The lowest BCUT2D eigenvalue weighted by Crippen LogP contribution is -2.05. The van der Waals surface area contributed by atoms with Crippen molar-refractivity contribution in [1.82, 2.24) is 9.78 Å². The van der Waals surface area contributed by atoms with E-state index in [-0.39, 0.29) is 5.69 Å². The minimum Gasteiger partial charge on any atom is -0.476 e. The SMILES string of the molecule is O=C(O)c1nn(-c2cccc(Cl)c2Br)c2c1CCCCC2. The lowest BCUT2D eigenvalue weighted by atomic mass is 10.1. The van der Waals surface area contributed by atoms with E-state index in [0.29, 0.717) is 5.02 Å². The number of benzene rings is 1. The van der Waals surface area contributed by atoms with Gasteiger partial charge >= 0.3 is 5.97 Å². The number of carbonyl (C=O) groups is 1. The molecule has 0 saturated carbocycles. The molecule has 0 atom stereocenters. The number of nitrogens with zero attached hydrogens (tertiary/aromatic N) is 2. The van der Waals surface area contributed by atoms with Crippen molar-refractivity contribution in [1.29, 1.82) is 0 Å². The van der Waals surface area contributed by atoms with Gasteiger partial charge < -0.3 is 5.11 Å². The zero-order chi connectivity index (χ0) is 15.0. The Bertz CT molecular complexity index is 712. The fourth-order valence-corrected chi connectivity index (χ4v) is 3.40. The van der Waals surface area contributed by atoms with Gasteiger partial charge in [0.05, 0.1) is 15.2 Å². The molecule has 0 aliphatic heterocycles. The summed E-state index contributed by atoms with van der Waals surface area (Å²) >= 11 is 9.61. The second-order valence-electron chi connectivity index (χ2n) is 5.12. The fraction of sp³-hybridized carbons (Fsp3) is 0.333. The molecule has 0 spiro atoms. The van der Waals surface area contributed by atoms with Crippen LogP contribution in [0.1, 0.15) is 41.0 Å². The van der Waals surface area contributed by atoms with Crippen LogP contribution in [-0.4, -0.2) is 20.9 Å². The summed E-state index contributed by atoms with van der Waals surface area (Å²) in [6.45, 7) is 0. The number of aromatic carboxylic acids is 1. The molecule has 0 saturated heterocycles. The van der Waals surface area contributed by atoms with Crippen molar-refractivity contribution in [2.45, 2.75) is 32.1 Å². The number of carboxylic acid groups (broad SMARTS) is 1. The molecule has 1 aromatic heterocycles. The van der Waals surface area contributed by atoms with Gasteiger partial charge in [0.2, 0.25) is 0 Å². The Kier molecular flexibility index (Phi) is 4.04. The van der Waals surface area contributed by atoms with E-state index < -0.39 is 5.97 Å². The van der Waals surface area contributed by atoms with E-state index in [2.05, 4.69) is 21.0 Å². The number of halogens is 2. The van der Waals surface area contributed by atoms with Crippen LogP contribution in [0, 0.1) is 0 Å². The predicted molar refractivity (Wildman–Crippen MR) is 84.5 cm³/mol. The third-order valence-corrected chi connectivity index (χ3v) is 5.17. The first-order valence-corrected chi connectivity index (χ1v) is 8.05. The quantitative estimate of drug-likeness (QED) is 0.805. The van der Waals surface area contributed by atoms with Crippen molar-refractivity contribution in [3.05, 3.63) is 44.6 Å². The van der Waals surface area contributed by atoms with Crippen LogP contribution in [0.15, 0.2) is 22.7 Å². The summed E-state index contributed by atoms with van der Waals surface area (Å²) in [5.41, 5.74) is 2.81. The fourth-order valence-electron chi connectivity index (χ4n) is 2.80. The summed E-state index contributed by atoms with van der Waals surface area (Å²) < 4.78 is 2.47. The topological polar surface area (TPSA) is 55.1 Å². The van der Waals surface area contributed by atoms with Crippen molar-refractivity contribution in [2.75, 3.05) is 0 Å². The van der Waals surface area contributed by atoms with Crippen molar-refractivity contribution in [2.24, 2.45) is 0 Å². The maximum absolute atomic E-state index is 11.5. The van der Waals surface area contributed by atoms with Crippen LogP contribution in [-0.2, 0) is 12.8 Å². The molecule has 110 valence electrons. The van der Waals surface area contributed by atoms with Crippen LogP contribution >= 0.6 is 27.5 Å². The van der Waals surface area contributed by atoms with Gasteiger partial charge in [-0.15, -0.1) is 0 Å². The minimum absolute atomic E-state index is 0.166. The Labute approximate surface area is 135 Å². The third kappa shape index (κ3) is 2.60. The lowest BCUT2D eigenvalue weighted by molar-refractivity contribution is 0.0688. The molecule has 0 fully saturated rings. The van der Waals surface area contributed by atoms with Gasteiger partial charge in [0.1, 0.15) is 0 Å². The van der Waals surface area contributed by atoms with Crippen LogP contribution in [0.3, 0.4) is 0 Å². The van der Waals surface area contributed by atoms with Crippen molar-refractivity contribution in [3.63, 3.8) is 0 Å². The molecule has 0 bridgehead atoms. The summed E-state index contributed by atoms with van der Waals surface area (Å²) in [5, 5.41) is 14.3. The van der Waals surface area contributed by atoms with Gasteiger partial charge in [0.15, 0.2) is 5.69 Å². The number of carboxylic acids is 1. The monoisotopic (exact) mass is 368 g/mol. The maximum Gasteiger partial charge on any atom is 0.356 e. The largest absolute Gasteiger partial charge is 0.476 e. The highest BCUT2D eigenvalue weighted by Gasteiger charge is 2.25. The molecule has 0 radical (unpaired) electrons. The highest BCUT2D eigenvalue weighted by Crippen LogP contribution is 2.32. The zero-order valence-corrected chi connectivity index (χ0v) is 13.6. The summed E-state index contributed by atoms with van der Waals surface area (Å²) in [6, 6.07) is 5.52. The Morgan fingerprint density at radius 1 is 1.29 bits per heavy atom. The van der Waals surface area contributed by atoms with Crippen LogP contribution in [0.25, 0.3) is 5.69 Å². The van der Waals surface area contributed by atoms with Gasteiger partial charge in [-0.05, 0) is 53.7 Å². The smallest absolute Gasteiger partial charge is 0.356 e. The number of hydrogen-bond acceptors (Lipinski definition) is 2. The van der Waals surface area contributed by atoms with E-state index in [0.717, 1.165) is 53.5 Å². The normalized spacial score (nSPS) is 14.6. The molecule has 0 unspecified atom stereocenters. The van der Waals surface area contributed by atoms with Crippen molar-refractivity contribution < 1.29 is 9.90 Å². The summed E-state index contributed by atoms with van der Waals surface area (Å²) in [6.07, 6.45) is 4.79. The number of rotatable bonds is 2. The molecule has 2 aromatic rings. The molecular formula is C15H14BrClN2O2. The summed E-state index contributed by atoms with van der Waals surface area (Å²) in [7, 11) is 0. The minimum atomic E-state index is -0.968. The molecular weight excluding hydrogens is 356 g/mol. The number of aromatic nitrogens is 2. The van der Waals surface area contributed by atoms with Crippen molar-refractivity contribution >= 4 is 33.5 Å². The van der Waals surface area contributed by atoms with E-state index >= 15 is 0 Å². The van der Waals surface area contributed by atoms with Gasteiger partial charge in [-0.2, -0.15) is 5.10 Å². The zero-order valence-electron chi connectivity index (χ0n) is 11.3. The Hall–Kier alpha value is -1.33. The summed E-state index contributed by atoms with van der Waals surface area (Å²) in [4.78, 5) is 11.5. The van der Waals surface area contributed by atoms with E-state index in [9.17, 15) is 9.90 Å². The van der Waals surface area contributed by atoms with E-state index in [4.69, 9.17) is 11.6 Å². The molecule has 1 aromatic carbocycles. The lowest BCUT2D eigenvalue weighted by Gasteiger charge is -2.10. The third-order valence-electron chi connectivity index (χ3n) is 3.79. The molecule has 21 heavy (non-hydrogen) atoms. The molecule has 3 rings (SSSR count). The average Bonchev–Trinajstić information content (AvgIpc) is 2.65. The van der Waals surface area contributed by atoms with Gasteiger partial charge in [-0.1, -0.05) is 24.1 Å². The first-order chi connectivity index (χ1) is 10.1. The van der Waals surface area contributed by atoms with Gasteiger partial charge in [0, 0.05) is 11.3 Å². The summed E-state index contributed by atoms with van der Waals surface area (Å²) in [5.74, 6) is -0.968. The van der Waals surface area contributed by atoms with Crippen molar-refractivity contribution in [3.8, 4) is 5.69 Å². The molecule has 1 aliphatic carbocycles. The van der Waals surface area contributed by atoms with Gasteiger partial charge in [0.25, 0.3) is 0 Å². The van der Waals surface area contributed by atoms with Crippen LogP contribution in [0.5, 0.6) is 0 Å². The van der Waals surface area contributed by atoms with Crippen LogP contribution < -0.4 is 0 Å². The second-order valence-corrected chi connectivity index (χ2v) is 6.32. The molecule has 0 amide bonds. The van der Waals surface area contributed by atoms with E-state index in [1.165, 1.54) is 0 Å². The molecule has 1 heterocycles. The van der Waals surface area contributed by atoms with E-state index in [1.807, 2.05) is 12.1 Å². The maximum atomic E-state index is 11.5. The molecule has 1 N–H and O–H groups in total. The molecule has 6 heteroatoms. The van der Waals surface area contributed by atoms with Crippen LogP contribution in [0.2, 0.25) is 5.02 Å². The predicted octanol–water partition coefficient (Wildman–Crippen LogP) is 4.26. The van der Waals surface area contributed by atoms with Gasteiger partial charge in [-0.3, -0.25) is 0 Å². The molecule has 1 aliphatic rings. The first-order valence-electron chi connectivity index (χ1n) is 6.88. The average molecular weight is 370 g/mol. The first kappa shape index (κ1) is 14.6. The Morgan fingerprint density at radius 3 is 2.81 bits per heavy atom. The second kappa shape index (κ2) is 5.81. The molecule has 4 nitrogen and oxygen atoms in total. The Morgan fingerprint density at radius 2 is 2.05 bits per heavy atom. The van der Waals surface area contributed by atoms with Gasteiger partial charge in [-0.25, -0.2) is 9.48 Å². The number of fused-ring (bicyclic) bond motifs is 1. The van der Waals surface area contributed by atoms with E-state index in [1.54, 1.807) is 10.7 Å². The highest BCUT2D eigenvalue weighted by atomic mass is 79.9.